The quantitative estimate of drug-likeness (QED) is 0.856. The molecule has 0 aromatic heterocycles. The number of halogens is 1. The van der Waals surface area contributed by atoms with E-state index in [9.17, 15) is 4.79 Å². The number of benzene rings is 1. The zero-order chi connectivity index (χ0) is 15.7. The van der Waals surface area contributed by atoms with Crippen molar-refractivity contribution in [2.75, 3.05) is 46.9 Å². The van der Waals surface area contributed by atoms with Crippen molar-refractivity contribution in [3.05, 3.63) is 34.9 Å². The third-order valence-corrected chi connectivity index (χ3v) is 5.37. The number of likely N-dealkylation sites (tertiary alicyclic amines) is 2. The average Bonchev–Trinajstić information content (AvgIpc) is 3.04. The van der Waals surface area contributed by atoms with E-state index in [1.54, 1.807) is 19.2 Å². The zero-order valence-corrected chi connectivity index (χ0v) is 14.0. The molecule has 22 heavy (non-hydrogen) atoms. The van der Waals surface area contributed by atoms with E-state index in [1.807, 2.05) is 17.0 Å². The lowest BCUT2D eigenvalue weighted by molar-refractivity contribution is 0.0716. The Bertz CT molecular complexity index is 548. The van der Waals surface area contributed by atoms with Crippen molar-refractivity contribution in [3.8, 4) is 0 Å². The number of nitrogens with zero attached hydrogens (tertiary/aromatic N) is 2. The van der Waals surface area contributed by atoms with E-state index in [1.165, 1.54) is 0 Å². The highest BCUT2D eigenvalue weighted by Crippen LogP contribution is 2.43. The Labute approximate surface area is 137 Å². The van der Waals surface area contributed by atoms with Crippen molar-refractivity contribution in [2.45, 2.75) is 6.42 Å². The molecule has 2 aliphatic heterocycles. The summed E-state index contributed by atoms with van der Waals surface area (Å²) in [6.45, 7) is 4.53. The molecule has 120 valence electrons. The Morgan fingerprint density at radius 1 is 1.36 bits per heavy atom. The van der Waals surface area contributed by atoms with Crippen molar-refractivity contribution >= 4 is 17.5 Å². The molecule has 0 N–H and O–H groups in total. The summed E-state index contributed by atoms with van der Waals surface area (Å²) in [6.07, 6.45) is 1.06. The van der Waals surface area contributed by atoms with Gasteiger partial charge in [-0.25, -0.2) is 0 Å². The van der Waals surface area contributed by atoms with Crippen molar-refractivity contribution in [1.29, 1.82) is 0 Å². The summed E-state index contributed by atoms with van der Waals surface area (Å²) in [5.74, 6) is 0.616. The number of carbonyl (C=O) groups is 1. The van der Waals surface area contributed by atoms with E-state index in [2.05, 4.69) is 11.9 Å². The first-order chi connectivity index (χ1) is 10.5. The van der Waals surface area contributed by atoms with Gasteiger partial charge in [-0.05, 0) is 37.7 Å². The highest BCUT2D eigenvalue weighted by atomic mass is 35.5. The van der Waals surface area contributed by atoms with E-state index < -0.39 is 0 Å². The lowest BCUT2D eigenvalue weighted by Gasteiger charge is -2.30. The predicted molar refractivity (Wildman–Crippen MR) is 87.3 cm³/mol. The molecule has 2 aliphatic rings. The minimum Gasteiger partial charge on any atom is -0.384 e. The molecule has 0 aliphatic carbocycles. The van der Waals surface area contributed by atoms with Crippen LogP contribution in [0.1, 0.15) is 16.8 Å². The minimum atomic E-state index is 0.110. The Hall–Kier alpha value is -1.10. The second-order valence-corrected chi connectivity index (χ2v) is 7.13. The Balaban J connectivity index is 1.73. The molecule has 2 atom stereocenters. The fourth-order valence-corrected chi connectivity index (χ4v) is 4.16. The lowest BCUT2D eigenvalue weighted by atomic mass is 9.77. The van der Waals surface area contributed by atoms with Gasteiger partial charge in [-0.15, -0.1) is 0 Å². The van der Waals surface area contributed by atoms with E-state index in [0.717, 1.165) is 44.8 Å². The van der Waals surface area contributed by atoms with Gasteiger partial charge in [-0.3, -0.25) is 4.79 Å². The molecule has 1 spiro atoms. The van der Waals surface area contributed by atoms with Crippen LogP contribution < -0.4 is 0 Å². The number of rotatable bonds is 3. The Morgan fingerprint density at radius 3 is 2.77 bits per heavy atom. The molecule has 5 heteroatoms. The van der Waals surface area contributed by atoms with Gasteiger partial charge < -0.3 is 14.5 Å². The van der Waals surface area contributed by atoms with Gasteiger partial charge in [0, 0.05) is 55.2 Å². The fourth-order valence-electron chi connectivity index (χ4n) is 4.04. The summed E-state index contributed by atoms with van der Waals surface area (Å²) in [5, 5.41) is 0.659. The minimum absolute atomic E-state index is 0.110. The van der Waals surface area contributed by atoms with E-state index >= 15 is 0 Å². The van der Waals surface area contributed by atoms with Gasteiger partial charge in [0.25, 0.3) is 5.91 Å². The summed E-state index contributed by atoms with van der Waals surface area (Å²) in [6, 6.07) is 7.17. The molecule has 0 unspecified atom stereocenters. The summed E-state index contributed by atoms with van der Waals surface area (Å²) >= 11 is 5.90. The van der Waals surface area contributed by atoms with Crippen LogP contribution in [-0.2, 0) is 4.74 Å². The normalized spacial score (nSPS) is 28.7. The van der Waals surface area contributed by atoms with Crippen molar-refractivity contribution < 1.29 is 9.53 Å². The molecule has 4 nitrogen and oxygen atoms in total. The standard InChI is InChI=1S/C17H23ClN2O2/c1-19-9-14(10-22-2)17(11-19)7-8-20(12-17)16(21)13-3-5-15(18)6-4-13/h3-6,14H,7-12H2,1-2H3/t14-,17+/m0/s1. The first-order valence-corrected chi connectivity index (χ1v) is 8.14. The maximum absolute atomic E-state index is 12.7. The first-order valence-electron chi connectivity index (χ1n) is 7.76. The predicted octanol–water partition coefficient (Wildman–Crippen LogP) is 2.38. The van der Waals surface area contributed by atoms with Gasteiger partial charge in [-0.2, -0.15) is 0 Å². The van der Waals surface area contributed by atoms with Crippen LogP contribution in [0.15, 0.2) is 24.3 Å². The van der Waals surface area contributed by atoms with E-state index in [-0.39, 0.29) is 11.3 Å². The molecule has 3 rings (SSSR count). The molecule has 2 saturated heterocycles. The topological polar surface area (TPSA) is 32.8 Å². The smallest absolute Gasteiger partial charge is 0.253 e. The molecule has 0 radical (unpaired) electrons. The van der Waals surface area contributed by atoms with Crippen LogP contribution >= 0.6 is 11.6 Å². The fraction of sp³-hybridized carbons (Fsp3) is 0.588. The van der Waals surface area contributed by atoms with Crippen molar-refractivity contribution in [3.63, 3.8) is 0 Å². The molecular weight excluding hydrogens is 300 g/mol. The summed E-state index contributed by atoms with van der Waals surface area (Å²) in [7, 11) is 3.92. The third-order valence-electron chi connectivity index (χ3n) is 5.11. The van der Waals surface area contributed by atoms with Crippen molar-refractivity contribution in [1.82, 2.24) is 9.80 Å². The molecule has 2 fully saturated rings. The van der Waals surface area contributed by atoms with Crippen LogP contribution in [0, 0.1) is 11.3 Å². The van der Waals surface area contributed by atoms with Gasteiger partial charge in [0.2, 0.25) is 0 Å². The molecule has 1 aromatic rings. The van der Waals surface area contributed by atoms with Crippen LogP contribution in [0.4, 0.5) is 0 Å². The number of hydrogen-bond donors (Lipinski definition) is 0. The number of methoxy groups -OCH3 is 1. The van der Waals surface area contributed by atoms with E-state index in [0.29, 0.717) is 10.9 Å². The molecule has 0 bridgehead atoms. The second kappa shape index (κ2) is 6.19. The summed E-state index contributed by atoms with van der Waals surface area (Å²) < 4.78 is 5.41. The highest BCUT2D eigenvalue weighted by molar-refractivity contribution is 6.30. The third kappa shape index (κ3) is 2.87. The average molecular weight is 323 g/mol. The van der Waals surface area contributed by atoms with Gasteiger partial charge in [0.15, 0.2) is 0 Å². The number of ether oxygens (including phenoxy) is 1. The van der Waals surface area contributed by atoms with E-state index in [4.69, 9.17) is 16.3 Å². The number of hydrogen-bond acceptors (Lipinski definition) is 3. The molecule has 2 heterocycles. The highest BCUT2D eigenvalue weighted by Gasteiger charge is 2.50. The number of carbonyl (C=O) groups excluding carboxylic acids is 1. The summed E-state index contributed by atoms with van der Waals surface area (Å²) in [5.41, 5.74) is 0.906. The summed E-state index contributed by atoms with van der Waals surface area (Å²) in [4.78, 5) is 17.0. The Kier molecular flexibility index (Phi) is 4.44. The Morgan fingerprint density at radius 2 is 2.09 bits per heavy atom. The van der Waals surface area contributed by atoms with Crippen LogP contribution in [0.3, 0.4) is 0 Å². The SMILES string of the molecule is COC[C@@H]1CN(C)C[C@@]12CCN(C(=O)c1ccc(Cl)cc1)C2. The molecule has 1 amide bonds. The molecular formula is C17H23ClN2O2. The van der Waals surface area contributed by atoms with Gasteiger partial charge in [0.1, 0.15) is 0 Å². The molecule has 1 aromatic carbocycles. The second-order valence-electron chi connectivity index (χ2n) is 6.69. The van der Waals surface area contributed by atoms with Crippen molar-refractivity contribution in [2.24, 2.45) is 11.3 Å². The maximum atomic E-state index is 12.7. The lowest BCUT2D eigenvalue weighted by Crippen LogP contribution is -2.38. The molecule has 0 saturated carbocycles. The van der Waals surface area contributed by atoms with Gasteiger partial charge in [-0.1, -0.05) is 11.6 Å². The van der Waals surface area contributed by atoms with Gasteiger partial charge in [0.05, 0.1) is 6.61 Å². The van der Waals surface area contributed by atoms with Crippen LogP contribution in [-0.4, -0.2) is 62.7 Å². The van der Waals surface area contributed by atoms with Crippen LogP contribution in [0.2, 0.25) is 5.02 Å². The zero-order valence-electron chi connectivity index (χ0n) is 13.2. The largest absolute Gasteiger partial charge is 0.384 e. The van der Waals surface area contributed by atoms with Crippen LogP contribution in [0.5, 0.6) is 0 Å². The monoisotopic (exact) mass is 322 g/mol. The number of amides is 1. The van der Waals surface area contributed by atoms with Crippen LogP contribution in [0.25, 0.3) is 0 Å². The van der Waals surface area contributed by atoms with Gasteiger partial charge >= 0.3 is 0 Å². The maximum Gasteiger partial charge on any atom is 0.253 e. The first kappa shape index (κ1) is 15.8.